The largest absolute Gasteiger partial charge is 0.504 e. The van der Waals surface area contributed by atoms with E-state index >= 15 is 0 Å². The quantitative estimate of drug-likeness (QED) is 0.795. The summed E-state index contributed by atoms with van der Waals surface area (Å²) in [6.45, 7) is 0. The summed E-state index contributed by atoms with van der Waals surface area (Å²) in [4.78, 5) is 4.02. The molecule has 1 heterocycles. The van der Waals surface area contributed by atoms with Gasteiger partial charge in [-0.15, -0.1) is 5.10 Å². The van der Waals surface area contributed by atoms with Gasteiger partial charge in [0, 0.05) is 11.8 Å². The number of hydrogen-bond donors (Lipinski definition) is 1. The van der Waals surface area contributed by atoms with Crippen LogP contribution in [0.15, 0.2) is 30.6 Å². The zero-order valence-electron chi connectivity index (χ0n) is 8.08. The van der Waals surface area contributed by atoms with Crippen molar-refractivity contribution in [2.75, 3.05) is 7.11 Å². The summed E-state index contributed by atoms with van der Waals surface area (Å²) in [5.74, 6) is 0.945. The Hall–Kier alpha value is -2.17. The number of aromatic nitrogens is 3. The van der Waals surface area contributed by atoms with E-state index in [4.69, 9.17) is 4.74 Å². The molecule has 0 unspecified atom stereocenters. The Morgan fingerprint density at radius 3 is 2.73 bits per heavy atom. The minimum atomic E-state index is 0.0578. The van der Waals surface area contributed by atoms with E-state index in [1.54, 1.807) is 18.3 Å². The third-order valence-electron chi connectivity index (χ3n) is 1.92. The maximum absolute atomic E-state index is 9.55. The molecule has 1 aromatic heterocycles. The molecule has 0 fully saturated rings. The highest BCUT2D eigenvalue weighted by Crippen LogP contribution is 2.29. The Morgan fingerprint density at radius 1 is 1.27 bits per heavy atom. The molecule has 0 radical (unpaired) electrons. The first kappa shape index (κ1) is 9.39. The smallest absolute Gasteiger partial charge is 0.181 e. The monoisotopic (exact) mass is 203 g/mol. The number of methoxy groups -OCH3 is 1. The number of ether oxygens (including phenoxy) is 1. The number of phenolic OH excluding ortho intramolecular Hbond substituents is 1. The highest BCUT2D eigenvalue weighted by Gasteiger charge is 2.05. The van der Waals surface area contributed by atoms with Crippen LogP contribution in [0.5, 0.6) is 11.5 Å². The summed E-state index contributed by atoms with van der Waals surface area (Å²) in [6.07, 6.45) is 3.04. The topological polar surface area (TPSA) is 68.1 Å². The van der Waals surface area contributed by atoms with Gasteiger partial charge in [-0.1, -0.05) is 0 Å². The Balaban J connectivity index is 2.43. The fraction of sp³-hybridized carbons (Fsp3) is 0.100. The van der Waals surface area contributed by atoms with Gasteiger partial charge in [-0.3, -0.25) is 0 Å². The molecular weight excluding hydrogens is 194 g/mol. The molecule has 1 N–H and O–H groups in total. The molecule has 0 aliphatic heterocycles. The molecule has 2 aromatic rings. The van der Waals surface area contributed by atoms with Gasteiger partial charge in [0.2, 0.25) is 0 Å². The Labute approximate surface area is 86.4 Å². The summed E-state index contributed by atoms with van der Waals surface area (Å²) in [5, 5.41) is 17.1. The lowest BCUT2D eigenvalue weighted by molar-refractivity contribution is 0.373. The second-order valence-electron chi connectivity index (χ2n) is 2.85. The molecule has 0 saturated carbocycles. The molecule has 76 valence electrons. The number of phenols is 1. The van der Waals surface area contributed by atoms with Crippen LogP contribution >= 0.6 is 0 Å². The number of nitrogens with zero attached hydrogens (tertiary/aromatic N) is 3. The lowest BCUT2D eigenvalue weighted by Gasteiger charge is -2.04. The first-order chi connectivity index (χ1) is 7.31. The first-order valence-corrected chi connectivity index (χ1v) is 4.32. The predicted molar refractivity (Wildman–Crippen MR) is 53.5 cm³/mol. The molecule has 0 aliphatic rings. The fourth-order valence-electron chi connectivity index (χ4n) is 1.21. The van der Waals surface area contributed by atoms with Crippen molar-refractivity contribution >= 4 is 0 Å². The van der Waals surface area contributed by atoms with E-state index in [2.05, 4.69) is 15.2 Å². The van der Waals surface area contributed by atoms with E-state index in [1.165, 1.54) is 19.4 Å². The molecule has 2 rings (SSSR count). The third kappa shape index (κ3) is 1.85. The van der Waals surface area contributed by atoms with Crippen molar-refractivity contribution in [3.8, 4) is 22.9 Å². The van der Waals surface area contributed by atoms with E-state index in [9.17, 15) is 5.11 Å². The van der Waals surface area contributed by atoms with Gasteiger partial charge in [0.05, 0.1) is 13.3 Å². The number of benzene rings is 1. The summed E-state index contributed by atoms with van der Waals surface area (Å²) in [7, 11) is 1.50. The first-order valence-electron chi connectivity index (χ1n) is 4.32. The van der Waals surface area contributed by atoms with Gasteiger partial charge in [0.1, 0.15) is 0 Å². The lowest BCUT2D eigenvalue weighted by atomic mass is 10.2. The van der Waals surface area contributed by atoms with Crippen molar-refractivity contribution in [1.82, 2.24) is 15.2 Å². The SMILES string of the molecule is COc1ccc(-c2nccnn2)cc1O. The Kier molecular flexibility index (Phi) is 2.45. The lowest BCUT2D eigenvalue weighted by Crippen LogP contribution is -1.90. The maximum atomic E-state index is 9.55. The van der Waals surface area contributed by atoms with Crippen molar-refractivity contribution in [3.63, 3.8) is 0 Å². The van der Waals surface area contributed by atoms with Crippen molar-refractivity contribution < 1.29 is 9.84 Å². The zero-order valence-corrected chi connectivity index (χ0v) is 8.08. The van der Waals surface area contributed by atoms with Crippen molar-refractivity contribution in [2.45, 2.75) is 0 Å². The van der Waals surface area contributed by atoms with Gasteiger partial charge in [-0.25, -0.2) is 4.98 Å². The molecule has 0 bridgehead atoms. The highest BCUT2D eigenvalue weighted by atomic mass is 16.5. The van der Waals surface area contributed by atoms with Crippen molar-refractivity contribution in [1.29, 1.82) is 0 Å². The van der Waals surface area contributed by atoms with Crippen LogP contribution < -0.4 is 4.74 Å². The van der Waals surface area contributed by atoms with Crippen LogP contribution in [-0.4, -0.2) is 27.4 Å². The molecule has 5 nitrogen and oxygen atoms in total. The summed E-state index contributed by atoms with van der Waals surface area (Å²) >= 11 is 0. The van der Waals surface area contributed by atoms with Gasteiger partial charge in [0.25, 0.3) is 0 Å². The van der Waals surface area contributed by atoms with Crippen LogP contribution in [0.1, 0.15) is 0 Å². The molecule has 1 aromatic carbocycles. The average Bonchev–Trinajstić information content (AvgIpc) is 2.30. The minimum Gasteiger partial charge on any atom is -0.504 e. The zero-order chi connectivity index (χ0) is 10.7. The third-order valence-corrected chi connectivity index (χ3v) is 1.92. The van der Waals surface area contributed by atoms with Gasteiger partial charge < -0.3 is 9.84 Å². The van der Waals surface area contributed by atoms with E-state index in [0.717, 1.165) is 0 Å². The van der Waals surface area contributed by atoms with Gasteiger partial charge >= 0.3 is 0 Å². The molecule has 0 saturated heterocycles. The Bertz CT molecular complexity index is 459. The van der Waals surface area contributed by atoms with E-state index in [-0.39, 0.29) is 5.75 Å². The van der Waals surface area contributed by atoms with Crippen molar-refractivity contribution in [2.24, 2.45) is 0 Å². The number of rotatable bonds is 2. The molecule has 0 spiro atoms. The number of aromatic hydroxyl groups is 1. The fourth-order valence-corrected chi connectivity index (χ4v) is 1.21. The van der Waals surface area contributed by atoms with Gasteiger partial charge in [-0.05, 0) is 18.2 Å². The van der Waals surface area contributed by atoms with E-state index in [1.807, 2.05) is 0 Å². The molecular formula is C10H9N3O2. The van der Waals surface area contributed by atoms with Crippen LogP contribution in [0.2, 0.25) is 0 Å². The summed E-state index contributed by atoms with van der Waals surface area (Å²) in [6, 6.07) is 4.95. The van der Waals surface area contributed by atoms with E-state index in [0.29, 0.717) is 17.1 Å². The van der Waals surface area contributed by atoms with Crippen molar-refractivity contribution in [3.05, 3.63) is 30.6 Å². The van der Waals surface area contributed by atoms with Gasteiger partial charge in [-0.2, -0.15) is 5.10 Å². The minimum absolute atomic E-state index is 0.0578. The van der Waals surface area contributed by atoms with Crippen LogP contribution in [-0.2, 0) is 0 Å². The number of hydrogen-bond acceptors (Lipinski definition) is 5. The molecule has 5 heteroatoms. The maximum Gasteiger partial charge on any atom is 0.181 e. The van der Waals surface area contributed by atoms with Crippen LogP contribution in [0, 0.1) is 0 Å². The summed E-state index contributed by atoms with van der Waals surface area (Å²) < 4.78 is 4.93. The Morgan fingerprint density at radius 2 is 2.13 bits per heavy atom. The standard InChI is InChI=1S/C10H9N3O2/c1-15-9-3-2-7(6-8(9)14)10-11-4-5-12-13-10/h2-6,14H,1H3. The second-order valence-corrected chi connectivity index (χ2v) is 2.85. The average molecular weight is 203 g/mol. The van der Waals surface area contributed by atoms with Crippen LogP contribution in [0.3, 0.4) is 0 Å². The normalized spacial score (nSPS) is 9.93. The van der Waals surface area contributed by atoms with E-state index < -0.39 is 0 Å². The van der Waals surface area contributed by atoms with Gasteiger partial charge in [0.15, 0.2) is 17.3 Å². The molecule has 15 heavy (non-hydrogen) atoms. The molecule has 0 aliphatic carbocycles. The highest BCUT2D eigenvalue weighted by molar-refractivity contribution is 5.60. The van der Waals surface area contributed by atoms with Crippen LogP contribution in [0.4, 0.5) is 0 Å². The van der Waals surface area contributed by atoms with Crippen LogP contribution in [0.25, 0.3) is 11.4 Å². The summed E-state index contributed by atoms with van der Waals surface area (Å²) in [5.41, 5.74) is 0.696. The second kappa shape index (κ2) is 3.91. The molecule has 0 amide bonds. The molecule has 0 atom stereocenters. The predicted octanol–water partition coefficient (Wildman–Crippen LogP) is 1.25.